The zero-order valence-electron chi connectivity index (χ0n) is 10.8. The second-order valence-electron chi connectivity index (χ2n) is 4.92. The van der Waals surface area contributed by atoms with Crippen LogP contribution in [0.15, 0.2) is 22.7 Å². The maximum Gasteiger partial charge on any atom is 0.301 e. The highest BCUT2D eigenvalue weighted by molar-refractivity contribution is 9.10. The van der Waals surface area contributed by atoms with Gasteiger partial charge in [-0.25, -0.2) is 0 Å². The van der Waals surface area contributed by atoms with Crippen LogP contribution in [0.5, 0.6) is 0 Å². The van der Waals surface area contributed by atoms with Gasteiger partial charge in [-0.15, -0.1) is 0 Å². The zero-order chi connectivity index (χ0) is 14.0. The number of rotatable bonds is 3. The number of piperidine rings is 1. The molecule has 0 saturated carbocycles. The molecular formula is C12H18BrN3O2S. The molecule has 0 spiro atoms. The van der Waals surface area contributed by atoms with Gasteiger partial charge in [0.25, 0.3) is 0 Å². The molecule has 1 aliphatic rings. The molecule has 3 N–H and O–H groups in total. The highest BCUT2D eigenvalue weighted by Crippen LogP contribution is 2.25. The van der Waals surface area contributed by atoms with Crippen LogP contribution in [0.2, 0.25) is 0 Å². The van der Waals surface area contributed by atoms with E-state index in [0.717, 1.165) is 17.3 Å². The van der Waals surface area contributed by atoms with Crippen molar-refractivity contribution in [1.82, 2.24) is 4.31 Å². The van der Waals surface area contributed by atoms with Crippen molar-refractivity contribution < 1.29 is 8.42 Å². The number of nitrogen functional groups attached to an aromatic ring is 1. The Morgan fingerprint density at radius 2 is 2.00 bits per heavy atom. The predicted molar refractivity (Wildman–Crippen MR) is 81.1 cm³/mol. The third-order valence-electron chi connectivity index (χ3n) is 3.33. The van der Waals surface area contributed by atoms with Crippen molar-refractivity contribution in [3.63, 3.8) is 0 Å². The maximum atomic E-state index is 12.2. The molecule has 0 atom stereocenters. The van der Waals surface area contributed by atoms with Crippen molar-refractivity contribution in [2.75, 3.05) is 23.5 Å². The maximum absolute atomic E-state index is 12.2. The number of anilines is 2. The Morgan fingerprint density at radius 1 is 1.37 bits per heavy atom. The Hall–Kier alpha value is -0.790. The van der Waals surface area contributed by atoms with E-state index in [9.17, 15) is 8.42 Å². The van der Waals surface area contributed by atoms with Gasteiger partial charge in [0.2, 0.25) is 0 Å². The Kier molecular flexibility index (Phi) is 4.37. The lowest BCUT2D eigenvalue weighted by molar-refractivity contribution is 0.289. The normalized spacial score (nSPS) is 18.4. The van der Waals surface area contributed by atoms with E-state index >= 15 is 0 Å². The molecule has 0 unspecified atom stereocenters. The molecule has 0 amide bonds. The molecule has 1 heterocycles. The molecule has 1 saturated heterocycles. The van der Waals surface area contributed by atoms with Gasteiger partial charge in [0.15, 0.2) is 0 Å². The summed E-state index contributed by atoms with van der Waals surface area (Å²) >= 11 is 3.28. The summed E-state index contributed by atoms with van der Waals surface area (Å²) in [6.45, 7) is 3.29. The number of nitrogens with two attached hydrogens (primary N) is 1. The Morgan fingerprint density at radius 3 is 2.58 bits per heavy atom. The molecule has 0 radical (unpaired) electrons. The third-order valence-corrected chi connectivity index (χ3v) is 5.59. The minimum atomic E-state index is -3.48. The largest absolute Gasteiger partial charge is 0.398 e. The number of hydrogen-bond donors (Lipinski definition) is 2. The van der Waals surface area contributed by atoms with Crippen LogP contribution in [-0.4, -0.2) is 25.8 Å². The standard InChI is InChI=1S/C12H18BrN3O2S/c1-9-4-6-16(7-5-9)19(17,18)15-10-2-3-11(13)12(14)8-10/h2-3,8-9,15H,4-7,14H2,1H3. The summed E-state index contributed by atoms with van der Waals surface area (Å²) in [5.74, 6) is 0.592. The van der Waals surface area contributed by atoms with Crippen LogP contribution < -0.4 is 10.5 Å². The SMILES string of the molecule is CC1CCN(S(=O)(=O)Nc2ccc(Br)c(N)c2)CC1. The first-order valence-corrected chi connectivity index (χ1v) is 8.45. The Bertz CT molecular complexity index is 554. The molecule has 1 aromatic rings. The Labute approximate surface area is 122 Å². The lowest BCUT2D eigenvalue weighted by atomic mass is 10.0. The van der Waals surface area contributed by atoms with Crippen LogP contribution >= 0.6 is 15.9 Å². The highest BCUT2D eigenvalue weighted by Gasteiger charge is 2.26. The average Bonchev–Trinajstić information content (AvgIpc) is 2.34. The monoisotopic (exact) mass is 347 g/mol. The number of hydrogen-bond acceptors (Lipinski definition) is 3. The first kappa shape index (κ1) is 14.6. The first-order chi connectivity index (χ1) is 8.88. The minimum absolute atomic E-state index is 0.485. The third kappa shape index (κ3) is 3.61. The van der Waals surface area contributed by atoms with Crippen molar-refractivity contribution >= 4 is 37.5 Å². The lowest BCUT2D eigenvalue weighted by Crippen LogP contribution is -2.41. The number of benzene rings is 1. The van der Waals surface area contributed by atoms with Gasteiger partial charge in [-0.05, 0) is 52.9 Å². The van der Waals surface area contributed by atoms with Crippen molar-refractivity contribution in [3.8, 4) is 0 Å². The molecule has 106 valence electrons. The fraction of sp³-hybridized carbons (Fsp3) is 0.500. The van der Waals surface area contributed by atoms with E-state index in [1.165, 1.54) is 4.31 Å². The van der Waals surface area contributed by atoms with Crippen molar-refractivity contribution in [2.45, 2.75) is 19.8 Å². The van der Waals surface area contributed by atoms with Gasteiger partial charge in [0, 0.05) is 23.2 Å². The van der Waals surface area contributed by atoms with E-state index in [2.05, 4.69) is 27.6 Å². The second-order valence-corrected chi connectivity index (χ2v) is 7.45. The summed E-state index contributed by atoms with van der Waals surface area (Å²) in [4.78, 5) is 0. The smallest absolute Gasteiger partial charge is 0.301 e. The molecule has 1 aromatic carbocycles. The van der Waals surface area contributed by atoms with E-state index in [1.807, 2.05) is 0 Å². The molecule has 0 bridgehead atoms. The molecule has 0 aromatic heterocycles. The van der Waals surface area contributed by atoms with E-state index < -0.39 is 10.2 Å². The molecule has 1 fully saturated rings. The lowest BCUT2D eigenvalue weighted by Gasteiger charge is -2.29. The summed E-state index contributed by atoms with van der Waals surface area (Å²) in [6.07, 6.45) is 1.81. The van der Waals surface area contributed by atoms with Gasteiger partial charge in [-0.3, -0.25) is 4.72 Å². The minimum Gasteiger partial charge on any atom is -0.398 e. The quantitative estimate of drug-likeness (QED) is 0.824. The molecule has 7 heteroatoms. The second kappa shape index (κ2) is 5.68. The van der Waals surface area contributed by atoms with E-state index in [4.69, 9.17) is 5.73 Å². The molecule has 0 aliphatic carbocycles. The van der Waals surface area contributed by atoms with Crippen LogP contribution in [0, 0.1) is 5.92 Å². The predicted octanol–water partition coefficient (Wildman–Crippen LogP) is 2.42. The van der Waals surface area contributed by atoms with Crippen LogP contribution in [-0.2, 0) is 10.2 Å². The zero-order valence-corrected chi connectivity index (χ0v) is 13.2. The van der Waals surface area contributed by atoms with Gasteiger partial charge in [0.1, 0.15) is 0 Å². The molecule has 2 rings (SSSR count). The first-order valence-electron chi connectivity index (χ1n) is 6.21. The Balaban J connectivity index is 2.10. The summed E-state index contributed by atoms with van der Waals surface area (Å²) < 4.78 is 29.3. The van der Waals surface area contributed by atoms with Gasteiger partial charge < -0.3 is 5.73 Å². The van der Waals surface area contributed by atoms with E-state index in [0.29, 0.717) is 30.4 Å². The van der Waals surface area contributed by atoms with Crippen molar-refractivity contribution in [2.24, 2.45) is 5.92 Å². The molecule has 19 heavy (non-hydrogen) atoms. The van der Waals surface area contributed by atoms with E-state index in [1.54, 1.807) is 18.2 Å². The van der Waals surface area contributed by atoms with Crippen LogP contribution in [0.4, 0.5) is 11.4 Å². The summed E-state index contributed by atoms with van der Waals surface area (Å²) in [6, 6.07) is 5.02. The van der Waals surface area contributed by atoms with Gasteiger partial charge in [-0.2, -0.15) is 12.7 Å². The molecule has 5 nitrogen and oxygen atoms in total. The number of nitrogens with zero attached hydrogens (tertiary/aromatic N) is 1. The fourth-order valence-electron chi connectivity index (χ4n) is 2.05. The summed E-state index contributed by atoms with van der Waals surface area (Å²) in [5, 5.41) is 0. The fourth-order valence-corrected chi connectivity index (χ4v) is 3.54. The topological polar surface area (TPSA) is 75.4 Å². The van der Waals surface area contributed by atoms with Crippen LogP contribution in [0.3, 0.4) is 0 Å². The van der Waals surface area contributed by atoms with Crippen LogP contribution in [0.25, 0.3) is 0 Å². The van der Waals surface area contributed by atoms with Gasteiger partial charge >= 0.3 is 10.2 Å². The van der Waals surface area contributed by atoms with Crippen LogP contribution in [0.1, 0.15) is 19.8 Å². The molecular weight excluding hydrogens is 330 g/mol. The van der Waals surface area contributed by atoms with Gasteiger partial charge in [-0.1, -0.05) is 6.92 Å². The van der Waals surface area contributed by atoms with Crippen molar-refractivity contribution in [3.05, 3.63) is 22.7 Å². The van der Waals surface area contributed by atoms with Gasteiger partial charge in [0.05, 0.1) is 5.69 Å². The summed E-state index contributed by atoms with van der Waals surface area (Å²) in [5.41, 5.74) is 6.73. The summed E-state index contributed by atoms with van der Waals surface area (Å²) in [7, 11) is -3.48. The van der Waals surface area contributed by atoms with Crippen molar-refractivity contribution in [1.29, 1.82) is 0 Å². The molecule has 1 aliphatic heterocycles. The average molecular weight is 348 g/mol. The van der Waals surface area contributed by atoms with E-state index in [-0.39, 0.29) is 0 Å². The highest BCUT2D eigenvalue weighted by atomic mass is 79.9. The number of nitrogens with one attached hydrogen (secondary N) is 1. The number of halogens is 1.